The van der Waals surface area contributed by atoms with Gasteiger partial charge in [-0.3, -0.25) is 4.18 Å². The lowest BCUT2D eigenvalue weighted by Crippen LogP contribution is -2.13. The van der Waals surface area contributed by atoms with Crippen LogP contribution < -0.4 is 0 Å². The number of rotatable bonds is 2. The van der Waals surface area contributed by atoms with Crippen LogP contribution in [0.4, 0.5) is 13.2 Å². The lowest BCUT2D eigenvalue weighted by Gasteiger charge is -2.11. The lowest BCUT2D eigenvalue weighted by atomic mass is 10.2. The Labute approximate surface area is 84.6 Å². The molecule has 0 saturated heterocycles. The molecule has 84 valence electrons. The van der Waals surface area contributed by atoms with Gasteiger partial charge in [-0.1, -0.05) is 12.1 Å². The van der Waals surface area contributed by atoms with E-state index in [0.29, 0.717) is 6.07 Å². The summed E-state index contributed by atoms with van der Waals surface area (Å²) in [5.41, 5.74) is -1.23. The van der Waals surface area contributed by atoms with Gasteiger partial charge >= 0.3 is 6.18 Å². The average Bonchev–Trinajstić information content (AvgIpc) is 2.16. The molecule has 0 amide bonds. The van der Waals surface area contributed by atoms with Crippen LogP contribution >= 0.6 is 0 Å². The molecule has 1 aromatic rings. The van der Waals surface area contributed by atoms with E-state index in [4.69, 9.17) is 0 Å². The molecular formula is C8H7F3O3S. The van der Waals surface area contributed by atoms with Crippen molar-refractivity contribution in [1.29, 1.82) is 0 Å². The summed E-state index contributed by atoms with van der Waals surface area (Å²) >= 11 is 0. The number of halogens is 3. The van der Waals surface area contributed by atoms with Crippen LogP contribution in [0.15, 0.2) is 29.2 Å². The SMILES string of the molecule is COS(=O)(=O)c1ccccc1C(F)(F)F. The Morgan fingerprint density at radius 1 is 1.20 bits per heavy atom. The van der Waals surface area contributed by atoms with Gasteiger partial charge in [-0.15, -0.1) is 0 Å². The maximum absolute atomic E-state index is 12.4. The predicted molar refractivity (Wildman–Crippen MR) is 45.6 cm³/mol. The average molecular weight is 240 g/mol. The Morgan fingerprint density at radius 3 is 2.20 bits per heavy atom. The number of benzene rings is 1. The fraction of sp³-hybridized carbons (Fsp3) is 0.250. The monoisotopic (exact) mass is 240 g/mol. The van der Waals surface area contributed by atoms with Crippen molar-refractivity contribution >= 4 is 10.1 Å². The second-order valence-electron chi connectivity index (χ2n) is 2.61. The van der Waals surface area contributed by atoms with Crippen LogP contribution in [0.2, 0.25) is 0 Å². The third-order valence-electron chi connectivity index (χ3n) is 1.68. The van der Waals surface area contributed by atoms with E-state index < -0.39 is 26.8 Å². The van der Waals surface area contributed by atoms with Crippen molar-refractivity contribution in [3.8, 4) is 0 Å². The van der Waals surface area contributed by atoms with E-state index >= 15 is 0 Å². The van der Waals surface area contributed by atoms with Crippen molar-refractivity contribution in [3.05, 3.63) is 29.8 Å². The molecule has 0 N–H and O–H groups in total. The van der Waals surface area contributed by atoms with Crippen LogP contribution in [-0.2, 0) is 20.5 Å². The first-order valence-electron chi connectivity index (χ1n) is 3.76. The van der Waals surface area contributed by atoms with E-state index in [1.165, 1.54) is 6.07 Å². The zero-order valence-electron chi connectivity index (χ0n) is 7.58. The Balaban J connectivity index is 3.45. The van der Waals surface area contributed by atoms with E-state index in [2.05, 4.69) is 4.18 Å². The molecule has 0 aliphatic carbocycles. The number of alkyl halides is 3. The first-order valence-corrected chi connectivity index (χ1v) is 5.16. The van der Waals surface area contributed by atoms with E-state index in [9.17, 15) is 21.6 Å². The van der Waals surface area contributed by atoms with Crippen LogP contribution in [0.3, 0.4) is 0 Å². The molecule has 1 aromatic carbocycles. The number of hydrogen-bond donors (Lipinski definition) is 0. The van der Waals surface area contributed by atoms with Crippen molar-refractivity contribution < 1.29 is 25.8 Å². The Hall–Kier alpha value is -1.08. The van der Waals surface area contributed by atoms with Gasteiger partial charge < -0.3 is 0 Å². The van der Waals surface area contributed by atoms with Crippen molar-refractivity contribution in [2.75, 3.05) is 7.11 Å². The molecular weight excluding hydrogens is 233 g/mol. The van der Waals surface area contributed by atoms with Crippen LogP contribution in [0.5, 0.6) is 0 Å². The van der Waals surface area contributed by atoms with Gasteiger partial charge in [0.25, 0.3) is 10.1 Å². The van der Waals surface area contributed by atoms with Crippen molar-refractivity contribution in [1.82, 2.24) is 0 Å². The molecule has 0 heterocycles. The minimum atomic E-state index is -4.72. The van der Waals surface area contributed by atoms with Crippen molar-refractivity contribution in [3.63, 3.8) is 0 Å². The first-order chi connectivity index (χ1) is 6.79. The fourth-order valence-corrected chi connectivity index (χ4v) is 1.89. The normalized spacial score (nSPS) is 12.8. The summed E-state index contributed by atoms with van der Waals surface area (Å²) in [5.74, 6) is 0. The quantitative estimate of drug-likeness (QED) is 0.743. The zero-order chi connectivity index (χ0) is 11.7. The summed E-state index contributed by atoms with van der Waals surface area (Å²) in [6.45, 7) is 0. The van der Waals surface area contributed by atoms with Crippen LogP contribution in [-0.4, -0.2) is 15.5 Å². The minimum Gasteiger partial charge on any atom is -0.270 e. The highest BCUT2D eigenvalue weighted by molar-refractivity contribution is 7.86. The van der Waals surface area contributed by atoms with E-state index in [0.717, 1.165) is 19.2 Å². The van der Waals surface area contributed by atoms with Crippen LogP contribution in [0.1, 0.15) is 5.56 Å². The fourth-order valence-electron chi connectivity index (χ4n) is 1.01. The summed E-state index contributed by atoms with van der Waals surface area (Å²) in [7, 11) is -3.52. The highest BCUT2D eigenvalue weighted by Gasteiger charge is 2.36. The van der Waals surface area contributed by atoms with E-state index in [-0.39, 0.29) is 0 Å². The van der Waals surface area contributed by atoms with Gasteiger partial charge in [-0.2, -0.15) is 21.6 Å². The standard InChI is InChI=1S/C8H7F3O3S/c1-14-15(12,13)7-5-3-2-4-6(7)8(9,10)11/h2-5H,1H3. The second-order valence-corrected chi connectivity index (χ2v) is 4.30. The molecule has 0 fully saturated rings. The van der Waals surface area contributed by atoms with Gasteiger partial charge in [0, 0.05) is 0 Å². The van der Waals surface area contributed by atoms with Gasteiger partial charge in [0.2, 0.25) is 0 Å². The third-order valence-corrected chi connectivity index (χ3v) is 3.01. The molecule has 0 aromatic heterocycles. The Kier molecular flexibility index (Phi) is 3.05. The summed E-state index contributed by atoms with van der Waals surface area (Å²) in [6, 6.07) is 3.84. The molecule has 7 heteroatoms. The largest absolute Gasteiger partial charge is 0.417 e. The highest BCUT2D eigenvalue weighted by Crippen LogP contribution is 2.34. The molecule has 15 heavy (non-hydrogen) atoms. The topological polar surface area (TPSA) is 43.4 Å². The summed E-state index contributed by atoms with van der Waals surface area (Å²) < 4.78 is 63.5. The van der Waals surface area contributed by atoms with Crippen molar-refractivity contribution in [2.45, 2.75) is 11.1 Å². The zero-order valence-corrected chi connectivity index (χ0v) is 8.39. The smallest absolute Gasteiger partial charge is 0.270 e. The molecule has 1 rings (SSSR count). The molecule has 0 spiro atoms. The van der Waals surface area contributed by atoms with Gasteiger partial charge in [0.15, 0.2) is 0 Å². The minimum absolute atomic E-state index is 0.686. The van der Waals surface area contributed by atoms with Crippen molar-refractivity contribution in [2.24, 2.45) is 0 Å². The molecule has 0 saturated carbocycles. The molecule has 0 bridgehead atoms. The second kappa shape index (κ2) is 3.82. The summed E-state index contributed by atoms with van der Waals surface area (Å²) in [5, 5.41) is 0. The van der Waals surface area contributed by atoms with Gasteiger partial charge in [0.1, 0.15) is 4.90 Å². The summed E-state index contributed by atoms with van der Waals surface area (Å²) in [4.78, 5) is -0.875. The van der Waals surface area contributed by atoms with E-state index in [1.54, 1.807) is 0 Å². The Morgan fingerprint density at radius 2 is 1.73 bits per heavy atom. The van der Waals surface area contributed by atoms with Gasteiger partial charge in [-0.25, -0.2) is 0 Å². The first kappa shape index (κ1) is 12.0. The molecule has 0 unspecified atom stereocenters. The third kappa shape index (κ3) is 2.48. The van der Waals surface area contributed by atoms with Crippen LogP contribution in [0, 0.1) is 0 Å². The van der Waals surface area contributed by atoms with Gasteiger partial charge in [0.05, 0.1) is 12.7 Å². The molecule has 0 aliphatic heterocycles. The predicted octanol–water partition coefficient (Wildman–Crippen LogP) is 2.04. The highest BCUT2D eigenvalue weighted by atomic mass is 32.2. The molecule has 0 aliphatic rings. The Bertz CT molecular complexity index is 450. The number of hydrogen-bond acceptors (Lipinski definition) is 3. The molecule has 3 nitrogen and oxygen atoms in total. The van der Waals surface area contributed by atoms with Crippen LogP contribution in [0.25, 0.3) is 0 Å². The maximum Gasteiger partial charge on any atom is 0.417 e. The maximum atomic E-state index is 12.4. The van der Waals surface area contributed by atoms with Gasteiger partial charge in [-0.05, 0) is 12.1 Å². The summed E-state index contributed by atoms with van der Waals surface area (Å²) in [6.07, 6.45) is -4.72. The lowest BCUT2D eigenvalue weighted by molar-refractivity contribution is -0.140. The van der Waals surface area contributed by atoms with E-state index in [1.807, 2.05) is 0 Å². The molecule has 0 radical (unpaired) electrons. The molecule has 0 atom stereocenters.